The predicted molar refractivity (Wildman–Crippen MR) is 85.8 cm³/mol. The Kier molecular flexibility index (Phi) is 2.70. The zero-order valence-electron chi connectivity index (χ0n) is 12.5. The van der Waals surface area contributed by atoms with Crippen LogP contribution in [-0.4, -0.2) is 27.7 Å². The third-order valence-electron chi connectivity index (χ3n) is 4.35. The summed E-state index contributed by atoms with van der Waals surface area (Å²) in [5.74, 6) is 3.20. The summed E-state index contributed by atoms with van der Waals surface area (Å²) in [6.45, 7) is 1.25. The van der Waals surface area contributed by atoms with E-state index in [-0.39, 0.29) is 6.79 Å². The standard InChI is InChI=1S/C17H16N4O2/c1-2-11(1)8-19-16-17-20-9-13(21(17)6-5-18-16)12-3-4-14-15(7-12)23-10-22-14/h3-7,9,11H,1-2,8,10H2,(H,18,19). The van der Waals surface area contributed by atoms with Gasteiger partial charge in [0.15, 0.2) is 23.0 Å². The van der Waals surface area contributed by atoms with Crippen molar-refractivity contribution in [2.75, 3.05) is 18.7 Å². The fraction of sp³-hybridized carbons (Fsp3) is 0.294. The third kappa shape index (κ3) is 2.18. The van der Waals surface area contributed by atoms with Gasteiger partial charge >= 0.3 is 0 Å². The molecule has 1 aliphatic carbocycles. The van der Waals surface area contributed by atoms with Crippen molar-refractivity contribution in [3.05, 3.63) is 36.8 Å². The van der Waals surface area contributed by atoms with Crippen LogP contribution < -0.4 is 14.8 Å². The molecule has 1 aliphatic heterocycles. The van der Waals surface area contributed by atoms with Gasteiger partial charge in [-0.2, -0.15) is 0 Å². The Balaban J connectivity index is 1.55. The van der Waals surface area contributed by atoms with Gasteiger partial charge in [0, 0.05) is 24.5 Å². The molecular formula is C17H16N4O2. The lowest BCUT2D eigenvalue weighted by Crippen LogP contribution is -2.06. The van der Waals surface area contributed by atoms with E-state index in [4.69, 9.17) is 9.47 Å². The summed E-state index contributed by atoms with van der Waals surface area (Å²) in [5.41, 5.74) is 2.90. The quantitative estimate of drug-likeness (QED) is 0.803. The van der Waals surface area contributed by atoms with Crippen LogP contribution in [0.15, 0.2) is 36.8 Å². The number of hydrogen-bond donors (Lipinski definition) is 1. The van der Waals surface area contributed by atoms with Gasteiger partial charge in [-0.25, -0.2) is 9.97 Å². The summed E-state index contributed by atoms with van der Waals surface area (Å²) in [7, 11) is 0. The van der Waals surface area contributed by atoms with Crippen LogP contribution in [0.4, 0.5) is 5.82 Å². The number of ether oxygens (including phenoxy) is 2. The van der Waals surface area contributed by atoms with Crippen LogP contribution in [0.5, 0.6) is 11.5 Å². The van der Waals surface area contributed by atoms with Crippen molar-refractivity contribution >= 4 is 11.5 Å². The molecule has 1 saturated carbocycles. The second kappa shape index (κ2) is 4.87. The van der Waals surface area contributed by atoms with Crippen LogP contribution in [0.2, 0.25) is 0 Å². The first-order chi connectivity index (χ1) is 11.4. The van der Waals surface area contributed by atoms with E-state index >= 15 is 0 Å². The summed E-state index contributed by atoms with van der Waals surface area (Å²) in [6, 6.07) is 5.95. The van der Waals surface area contributed by atoms with E-state index in [1.807, 2.05) is 30.6 Å². The summed E-state index contributed by atoms with van der Waals surface area (Å²) >= 11 is 0. The minimum atomic E-state index is 0.283. The Morgan fingerprint density at radius 2 is 2.09 bits per heavy atom. The lowest BCUT2D eigenvalue weighted by molar-refractivity contribution is 0.174. The molecule has 0 radical (unpaired) electrons. The highest BCUT2D eigenvalue weighted by molar-refractivity contribution is 5.72. The lowest BCUT2D eigenvalue weighted by Gasteiger charge is -2.07. The number of imidazole rings is 1. The second-order valence-corrected chi connectivity index (χ2v) is 6.01. The van der Waals surface area contributed by atoms with E-state index in [1.165, 1.54) is 12.8 Å². The van der Waals surface area contributed by atoms with E-state index in [0.717, 1.165) is 46.7 Å². The Morgan fingerprint density at radius 3 is 3.00 bits per heavy atom. The molecule has 0 atom stereocenters. The Hall–Kier alpha value is -2.76. The monoisotopic (exact) mass is 308 g/mol. The largest absolute Gasteiger partial charge is 0.454 e. The minimum Gasteiger partial charge on any atom is -0.454 e. The molecule has 2 aliphatic rings. The van der Waals surface area contributed by atoms with Crippen LogP contribution >= 0.6 is 0 Å². The van der Waals surface area contributed by atoms with E-state index in [1.54, 1.807) is 6.20 Å². The average Bonchev–Trinajstić information content (AvgIpc) is 3.11. The van der Waals surface area contributed by atoms with Crippen LogP contribution in [-0.2, 0) is 0 Å². The highest BCUT2D eigenvalue weighted by atomic mass is 16.7. The molecule has 6 nitrogen and oxygen atoms in total. The molecule has 0 spiro atoms. The molecule has 6 heteroatoms. The number of anilines is 1. The van der Waals surface area contributed by atoms with Crippen molar-refractivity contribution in [2.45, 2.75) is 12.8 Å². The molecule has 0 unspecified atom stereocenters. The van der Waals surface area contributed by atoms with E-state index in [0.29, 0.717) is 0 Å². The van der Waals surface area contributed by atoms with Gasteiger partial charge in [0.25, 0.3) is 0 Å². The van der Waals surface area contributed by atoms with Crippen LogP contribution in [0.25, 0.3) is 16.9 Å². The zero-order chi connectivity index (χ0) is 15.2. The molecule has 0 amide bonds. The molecule has 2 aromatic heterocycles. The number of nitrogens with zero attached hydrogens (tertiary/aromatic N) is 3. The van der Waals surface area contributed by atoms with Crippen LogP contribution in [0, 0.1) is 5.92 Å². The van der Waals surface area contributed by atoms with Crippen molar-refractivity contribution in [2.24, 2.45) is 5.92 Å². The maximum Gasteiger partial charge on any atom is 0.231 e. The maximum atomic E-state index is 5.47. The van der Waals surface area contributed by atoms with Crippen molar-refractivity contribution in [3.63, 3.8) is 0 Å². The maximum absolute atomic E-state index is 5.47. The predicted octanol–water partition coefficient (Wildman–Crippen LogP) is 2.95. The first-order valence-corrected chi connectivity index (χ1v) is 7.84. The topological polar surface area (TPSA) is 60.7 Å². The van der Waals surface area contributed by atoms with E-state index < -0.39 is 0 Å². The van der Waals surface area contributed by atoms with Crippen molar-refractivity contribution in [1.82, 2.24) is 14.4 Å². The molecule has 0 saturated heterocycles. The lowest BCUT2D eigenvalue weighted by atomic mass is 10.1. The van der Waals surface area contributed by atoms with Crippen molar-refractivity contribution < 1.29 is 9.47 Å². The fourth-order valence-electron chi connectivity index (χ4n) is 2.88. The Labute approximate surface area is 133 Å². The first-order valence-electron chi connectivity index (χ1n) is 7.84. The van der Waals surface area contributed by atoms with Crippen LogP contribution in [0.3, 0.4) is 0 Å². The Morgan fingerprint density at radius 1 is 1.17 bits per heavy atom. The summed E-state index contributed by atoms with van der Waals surface area (Å²) in [5, 5.41) is 3.42. The van der Waals surface area contributed by atoms with E-state index in [2.05, 4.69) is 19.7 Å². The minimum absolute atomic E-state index is 0.283. The smallest absolute Gasteiger partial charge is 0.231 e. The molecule has 1 fully saturated rings. The van der Waals surface area contributed by atoms with Gasteiger partial charge in [-0.1, -0.05) is 0 Å². The molecule has 3 aromatic rings. The van der Waals surface area contributed by atoms with Gasteiger partial charge in [0.2, 0.25) is 6.79 Å². The molecular weight excluding hydrogens is 292 g/mol. The molecule has 116 valence electrons. The molecule has 1 N–H and O–H groups in total. The number of benzene rings is 1. The number of fused-ring (bicyclic) bond motifs is 2. The molecule has 3 heterocycles. The van der Waals surface area contributed by atoms with Gasteiger partial charge in [-0.15, -0.1) is 0 Å². The normalized spacial score (nSPS) is 16.0. The SMILES string of the molecule is c1cn2c(-c3ccc4c(c3)OCO4)cnc2c(NCC2CC2)n1. The fourth-order valence-corrected chi connectivity index (χ4v) is 2.88. The Bertz CT molecular complexity index is 885. The zero-order valence-corrected chi connectivity index (χ0v) is 12.5. The molecule has 23 heavy (non-hydrogen) atoms. The summed E-state index contributed by atoms with van der Waals surface area (Å²) in [6.07, 6.45) is 8.24. The molecule has 0 bridgehead atoms. The number of aromatic nitrogens is 3. The van der Waals surface area contributed by atoms with Gasteiger partial charge in [0.05, 0.1) is 11.9 Å². The van der Waals surface area contributed by atoms with Crippen molar-refractivity contribution in [3.8, 4) is 22.8 Å². The number of nitrogens with one attached hydrogen (secondary N) is 1. The van der Waals surface area contributed by atoms with Crippen LogP contribution in [0.1, 0.15) is 12.8 Å². The van der Waals surface area contributed by atoms with Gasteiger partial charge in [-0.05, 0) is 37.0 Å². The van der Waals surface area contributed by atoms with E-state index in [9.17, 15) is 0 Å². The van der Waals surface area contributed by atoms with Gasteiger partial charge in [0.1, 0.15) is 0 Å². The number of hydrogen-bond acceptors (Lipinski definition) is 5. The summed E-state index contributed by atoms with van der Waals surface area (Å²) in [4.78, 5) is 8.99. The van der Waals surface area contributed by atoms with Gasteiger partial charge < -0.3 is 14.8 Å². The second-order valence-electron chi connectivity index (χ2n) is 6.01. The van der Waals surface area contributed by atoms with Gasteiger partial charge in [-0.3, -0.25) is 4.40 Å². The highest BCUT2D eigenvalue weighted by Crippen LogP contribution is 2.36. The molecule has 1 aromatic carbocycles. The summed E-state index contributed by atoms with van der Waals surface area (Å²) < 4.78 is 12.9. The van der Waals surface area contributed by atoms with Crippen molar-refractivity contribution in [1.29, 1.82) is 0 Å². The first kappa shape index (κ1) is 12.8. The number of rotatable bonds is 4. The molecule has 5 rings (SSSR count). The third-order valence-corrected chi connectivity index (χ3v) is 4.35. The highest BCUT2D eigenvalue weighted by Gasteiger charge is 2.22. The average molecular weight is 308 g/mol.